The van der Waals surface area contributed by atoms with Crippen LogP contribution in [0.25, 0.3) is 0 Å². The van der Waals surface area contributed by atoms with Crippen LogP contribution >= 0.6 is 0 Å². The molecule has 0 spiro atoms. The molecule has 2 aromatic heterocycles. The van der Waals surface area contributed by atoms with Crippen molar-refractivity contribution in [3.8, 4) is 0 Å². The van der Waals surface area contributed by atoms with E-state index in [1.54, 1.807) is 11.6 Å². The molecule has 0 radical (unpaired) electrons. The first kappa shape index (κ1) is 16.7. The van der Waals surface area contributed by atoms with Crippen molar-refractivity contribution in [2.45, 2.75) is 26.4 Å². The van der Waals surface area contributed by atoms with Gasteiger partial charge in [0.1, 0.15) is 18.6 Å². The van der Waals surface area contributed by atoms with Gasteiger partial charge in [-0.1, -0.05) is 30.3 Å². The summed E-state index contributed by atoms with van der Waals surface area (Å²) in [6.45, 7) is 1.95. The lowest BCUT2D eigenvalue weighted by atomic mass is 10.2. The molecule has 0 unspecified atom stereocenters. The van der Waals surface area contributed by atoms with E-state index in [0.717, 1.165) is 5.56 Å². The van der Waals surface area contributed by atoms with Crippen LogP contribution in [0.5, 0.6) is 0 Å². The van der Waals surface area contributed by atoms with E-state index < -0.39 is 12.3 Å². The average Bonchev–Trinajstić information content (AvgIpc) is 3.15. The second-order valence-corrected chi connectivity index (χ2v) is 5.47. The molecule has 3 aromatic rings. The van der Waals surface area contributed by atoms with Gasteiger partial charge in [0.25, 0.3) is 6.43 Å². The number of aryl methyl sites for hydroxylation is 1. The van der Waals surface area contributed by atoms with E-state index in [9.17, 15) is 13.6 Å². The predicted molar refractivity (Wildman–Crippen MR) is 86.1 cm³/mol. The van der Waals surface area contributed by atoms with Gasteiger partial charge in [0.05, 0.1) is 6.54 Å². The van der Waals surface area contributed by atoms with E-state index >= 15 is 0 Å². The second kappa shape index (κ2) is 7.20. The molecule has 3 rings (SSSR count). The summed E-state index contributed by atoms with van der Waals surface area (Å²) < 4.78 is 28.1. The number of halogens is 2. The summed E-state index contributed by atoms with van der Waals surface area (Å²) in [6.07, 6.45) is -1.16. The maximum atomic E-state index is 12.6. The number of nitrogens with zero attached hydrogens (tertiary/aromatic N) is 5. The van der Waals surface area contributed by atoms with Crippen LogP contribution in [0, 0.1) is 6.92 Å². The molecule has 0 aliphatic heterocycles. The van der Waals surface area contributed by atoms with Gasteiger partial charge in [0, 0.05) is 5.69 Å². The first-order valence-corrected chi connectivity index (χ1v) is 7.57. The highest BCUT2D eigenvalue weighted by Gasteiger charge is 2.15. The fourth-order valence-corrected chi connectivity index (χ4v) is 2.30. The van der Waals surface area contributed by atoms with Crippen LogP contribution in [-0.4, -0.2) is 30.5 Å². The van der Waals surface area contributed by atoms with Crippen molar-refractivity contribution in [1.29, 1.82) is 0 Å². The summed E-state index contributed by atoms with van der Waals surface area (Å²) in [7, 11) is 0. The molecule has 0 aliphatic rings. The minimum Gasteiger partial charge on any atom is -0.292 e. The van der Waals surface area contributed by atoms with Crippen LogP contribution in [0.4, 0.5) is 14.7 Å². The largest absolute Gasteiger partial charge is 0.292 e. The van der Waals surface area contributed by atoms with Crippen molar-refractivity contribution in [2.75, 3.05) is 5.32 Å². The normalized spacial score (nSPS) is 11.0. The number of rotatable bonds is 6. The van der Waals surface area contributed by atoms with Gasteiger partial charge in [-0.05, 0) is 18.6 Å². The van der Waals surface area contributed by atoms with Crippen LogP contribution in [0.3, 0.4) is 0 Å². The molecule has 1 N–H and O–H groups in total. The number of amides is 1. The van der Waals surface area contributed by atoms with E-state index in [-0.39, 0.29) is 18.2 Å². The molecule has 25 heavy (non-hydrogen) atoms. The number of hydrogen-bond donors (Lipinski definition) is 1. The summed E-state index contributed by atoms with van der Waals surface area (Å²) in [5.41, 5.74) is 1.18. The lowest BCUT2D eigenvalue weighted by molar-refractivity contribution is -0.117. The van der Waals surface area contributed by atoms with Gasteiger partial charge in [-0.15, -0.1) is 5.10 Å². The first-order valence-electron chi connectivity index (χ1n) is 7.57. The fraction of sp³-hybridized carbons (Fsp3) is 0.250. The highest BCUT2D eigenvalue weighted by molar-refractivity contribution is 5.88. The van der Waals surface area contributed by atoms with Crippen LogP contribution in [0.2, 0.25) is 0 Å². The molecule has 130 valence electrons. The number of aromatic nitrogens is 5. The maximum absolute atomic E-state index is 12.6. The van der Waals surface area contributed by atoms with E-state index in [4.69, 9.17) is 0 Å². The summed E-state index contributed by atoms with van der Waals surface area (Å²) in [5, 5.41) is 10.4. The molecule has 1 aromatic carbocycles. The Morgan fingerprint density at radius 3 is 2.68 bits per heavy atom. The molecule has 0 bridgehead atoms. The van der Waals surface area contributed by atoms with Crippen LogP contribution in [0.1, 0.15) is 23.4 Å². The molecule has 0 aliphatic carbocycles. The van der Waals surface area contributed by atoms with Crippen molar-refractivity contribution in [2.24, 2.45) is 0 Å². The van der Waals surface area contributed by atoms with Gasteiger partial charge in [0.2, 0.25) is 11.9 Å². The molecular weight excluding hydrogens is 330 g/mol. The van der Waals surface area contributed by atoms with Gasteiger partial charge in [-0.25, -0.2) is 18.4 Å². The third kappa shape index (κ3) is 4.25. The fourth-order valence-electron chi connectivity index (χ4n) is 2.30. The van der Waals surface area contributed by atoms with Crippen molar-refractivity contribution < 1.29 is 13.6 Å². The number of hydrogen-bond acceptors (Lipinski definition) is 4. The zero-order valence-electron chi connectivity index (χ0n) is 13.4. The quantitative estimate of drug-likeness (QED) is 0.743. The van der Waals surface area contributed by atoms with E-state index in [1.165, 1.54) is 17.1 Å². The highest BCUT2D eigenvalue weighted by Crippen LogP contribution is 2.17. The Balaban J connectivity index is 1.60. The third-order valence-electron chi connectivity index (χ3n) is 3.49. The highest BCUT2D eigenvalue weighted by atomic mass is 19.3. The van der Waals surface area contributed by atoms with E-state index in [0.29, 0.717) is 12.2 Å². The summed E-state index contributed by atoms with van der Waals surface area (Å²) in [4.78, 5) is 16.1. The molecule has 1 amide bonds. The van der Waals surface area contributed by atoms with Crippen molar-refractivity contribution in [1.82, 2.24) is 24.5 Å². The SMILES string of the molecule is Cc1cc(C(F)F)nn1CC(=O)Nc1ncn(Cc2ccccc2)n1. The minimum atomic E-state index is -2.67. The number of carbonyl (C=O) groups excluding carboxylic acids is 1. The number of alkyl halides is 2. The Morgan fingerprint density at radius 1 is 1.24 bits per heavy atom. The smallest absolute Gasteiger partial charge is 0.282 e. The number of nitrogens with one attached hydrogen (secondary N) is 1. The third-order valence-corrected chi connectivity index (χ3v) is 3.49. The molecule has 0 saturated heterocycles. The number of benzene rings is 1. The van der Waals surface area contributed by atoms with Gasteiger partial charge in [0.15, 0.2) is 0 Å². The number of carbonyl (C=O) groups is 1. The van der Waals surface area contributed by atoms with Gasteiger partial charge in [-0.3, -0.25) is 14.8 Å². The lowest BCUT2D eigenvalue weighted by Gasteiger charge is -2.04. The molecule has 0 atom stereocenters. The summed E-state index contributed by atoms with van der Waals surface area (Å²) in [5.74, 6) is -0.288. The van der Waals surface area contributed by atoms with Gasteiger partial charge < -0.3 is 0 Å². The van der Waals surface area contributed by atoms with Crippen molar-refractivity contribution in [3.05, 3.63) is 59.7 Å². The Hall–Kier alpha value is -3.10. The molecule has 0 fully saturated rings. The predicted octanol–water partition coefficient (Wildman–Crippen LogP) is 2.41. The van der Waals surface area contributed by atoms with Crippen LogP contribution in [0.15, 0.2) is 42.7 Å². The molecule has 9 heteroatoms. The van der Waals surface area contributed by atoms with Crippen LogP contribution in [-0.2, 0) is 17.9 Å². The Bertz CT molecular complexity index is 859. The number of anilines is 1. The van der Waals surface area contributed by atoms with Gasteiger partial charge >= 0.3 is 0 Å². The van der Waals surface area contributed by atoms with E-state index in [2.05, 4.69) is 20.5 Å². The lowest BCUT2D eigenvalue weighted by Crippen LogP contribution is -2.21. The molecular formula is C16H16F2N6O. The molecule has 2 heterocycles. The van der Waals surface area contributed by atoms with Gasteiger partial charge in [-0.2, -0.15) is 5.10 Å². The minimum absolute atomic E-state index is 0.153. The Labute approximate surface area is 142 Å². The summed E-state index contributed by atoms with van der Waals surface area (Å²) >= 11 is 0. The average molecular weight is 346 g/mol. The van der Waals surface area contributed by atoms with E-state index in [1.807, 2.05) is 30.3 Å². The Morgan fingerprint density at radius 2 is 2.00 bits per heavy atom. The topological polar surface area (TPSA) is 77.6 Å². The van der Waals surface area contributed by atoms with Crippen LogP contribution < -0.4 is 5.32 Å². The van der Waals surface area contributed by atoms with Crippen molar-refractivity contribution >= 4 is 11.9 Å². The standard InChI is InChI=1S/C16H16F2N6O/c1-11-7-13(15(17)18)21-24(11)9-14(25)20-16-19-10-23(22-16)8-12-5-3-2-4-6-12/h2-7,10,15H,8-9H2,1H3,(H,20,22,25). The second-order valence-electron chi connectivity index (χ2n) is 5.47. The zero-order chi connectivity index (χ0) is 17.8. The first-order chi connectivity index (χ1) is 12.0. The zero-order valence-corrected chi connectivity index (χ0v) is 13.4. The maximum Gasteiger partial charge on any atom is 0.282 e. The Kier molecular flexibility index (Phi) is 4.82. The molecule has 7 nitrogen and oxygen atoms in total. The monoisotopic (exact) mass is 346 g/mol. The summed E-state index contributed by atoms with van der Waals surface area (Å²) in [6, 6.07) is 10.9. The molecule has 0 saturated carbocycles. The van der Waals surface area contributed by atoms with Crippen molar-refractivity contribution in [3.63, 3.8) is 0 Å².